The Bertz CT molecular complexity index is 1550. The van der Waals surface area contributed by atoms with E-state index in [9.17, 15) is 4.79 Å². The number of carbonyl (C=O) groups excluding carboxylic acids is 1. The second-order valence-electron chi connectivity index (χ2n) is 8.58. The standard InChI is InChI=1S/C29H23IN2O2/c30-26-11-4-2-7-20(26)18-34-21-12-13-27-25(16-21)23-14-15-31-17-28(23)32(27)29(33)24-10-5-8-19-6-1-3-9-22(19)24/h1-13,16,31H,14-15,17-18H2. The molecule has 0 spiro atoms. The molecule has 5 aromatic rings. The zero-order valence-corrected chi connectivity index (χ0v) is 20.7. The number of ether oxygens (including phenoxy) is 1. The van der Waals surface area contributed by atoms with Crippen molar-refractivity contribution in [2.75, 3.05) is 6.54 Å². The van der Waals surface area contributed by atoms with Crippen LogP contribution in [0.1, 0.15) is 27.2 Å². The number of rotatable bonds is 4. The molecule has 2 heterocycles. The van der Waals surface area contributed by atoms with E-state index in [1.54, 1.807) is 0 Å². The van der Waals surface area contributed by atoms with Crippen LogP contribution in [0.2, 0.25) is 0 Å². The number of hydrogen-bond acceptors (Lipinski definition) is 3. The summed E-state index contributed by atoms with van der Waals surface area (Å²) in [5.74, 6) is 0.836. The summed E-state index contributed by atoms with van der Waals surface area (Å²) in [4.78, 5) is 13.9. The van der Waals surface area contributed by atoms with E-state index in [0.29, 0.717) is 13.2 Å². The van der Waals surface area contributed by atoms with Gasteiger partial charge in [0.1, 0.15) is 12.4 Å². The Morgan fingerprint density at radius 2 is 1.76 bits per heavy atom. The molecule has 1 N–H and O–H groups in total. The lowest BCUT2D eigenvalue weighted by Gasteiger charge is -2.17. The van der Waals surface area contributed by atoms with Crippen LogP contribution in [-0.4, -0.2) is 17.0 Å². The number of hydrogen-bond donors (Lipinski definition) is 1. The summed E-state index contributed by atoms with van der Waals surface area (Å²) in [6.07, 6.45) is 0.891. The molecule has 0 bridgehead atoms. The number of nitrogens with one attached hydrogen (secondary N) is 1. The van der Waals surface area contributed by atoms with Crippen molar-refractivity contribution in [3.63, 3.8) is 0 Å². The number of aromatic nitrogens is 1. The molecule has 0 atom stereocenters. The molecule has 168 valence electrons. The van der Waals surface area contributed by atoms with E-state index in [0.717, 1.165) is 57.2 Å². The minimum Gasteiger partial charge on any atom is -0.489 e. The molecule has 4 nitrogen and oxygen atoms in total. The summed E-state index contributed by atoms with van der Waals surface area (Å²) in [6.45, 7) is 2.10. The fourth-order valence-electron chi connectivity index (χ4n) is 4.90. The molecule has 0 saturated heterocycles. The van der Waals surface area contributed by atoms with Crippen LogP contribution in [0.25, 0.3) is 21.7 Å². The van der Waals surface area contributed by atoms with Crippen molar-refractivity contribution in [2.24, 2.45) is 0 Å². The number of carbonyl (C=O) groups is 1. The van der Waals surface area contributed by atoms with Gasteiger partial charge in [0, 0.05) is 32.3 Å². The van der Waals surface area contributed by atoms with E-state index >= 15 is 0 Å². The smallest absolute Gasteiger partial charge is 0.263 e. The van der Waals surface area contributed by atoms with Gasteiger partial charge in [0.15, 0.2) is 0 Å². The van der Waals surface area contributed by atoms with Gasteiger partial charge in [-0.15, -0.1) is 0 Å². The van der Waals surface area contributed by atoms with E-state index in [4.69, 9.17) is 4.74 Å². The Labute approximate surface area is 211 Å². The van der Waals surface area contributed by atoms with Crippen molar-refractivity contribution in [1.29, 1.82) is 0 Å². The summed E-state index contributed by atoms with van der Waals surface area (Å²) in [5, 5.41) is 6.60. The lowest BCUT2D eigenvalue weighted by atomic mass is 10.0. The fraction of sp³-hybridized carbons (Fsp3) is 0.138. The Kier molecular flexibility index (Phi) is 5.59. The lowest BCUT2D eigenvalue weighted by Crippen LogP contribution is -2.27. The highest BCUT2D eigenvalue weighted by Crippen LogP contribution is 2.33. The first-order chi connectivity index (χ1) is 16.7. The van der Waals surface area contributed by atoms with Crippen LogP contribution in [0.3, 0.4) is 0 Å². The van der Waals surface area contributed by atoms with Crippen molar-refractivity contribution >= 4 is 50.2 Å². The molecule has 1 aromatic heterocycles. The molecule has 1 aliphatic rings. The average Bonchev–Trinajstić information content (AvgIpc) is 3.21. The van der Waals surface area contributed by atoms with E-state index in [-0.39, 0.29) is 5.91 Å². The van der Waals surface area contributed by atoms with Gasteiger partial charge in [-0.3, -0.25) is 9.36 Å². The molecule has 34 heavy (non-hydrogen) atoms. The number of benzene rings is 4. The minimum absolute atomic E-state index is 0.0132. The summed E-state index contributed by atoms with van der Waals surface area (Å²) in [5.41, 5.74) is 5.12. The predicted octanol–water partition coefficient (Wildman–Crippen LogP) is 6.31. The molecule has 0 amide bonds. The molecule has 0 unspecified atom stereocenters. The summed E-state index contributed by atoms with van der Waals surface area (Å²) in [6, 6.07) is 28.4. The van der Waals surface area contributed by atoms with Gasteiger partial charge >= 0.3 is 0 Å². The van der Waals surface area contributed by atoms with Crippen LogP contribution in [-0.2, 0) is 19.6 Å². The van der Waals surface area contributed by atoms with Gasteiger partial charge in [-0.25, -0.2) is 0 Å². The normalized spacial score (nSPS) is 13.2. The van der Waals surface area contributed by atoms with Crippen LogP contribution in [0.4, 0.5) is 0 Å². The Morgan fingerprint density at radius 3 is 2.68 bits per heavy atom. The van der Waals surface area contributed by atoms with Gasteiger partial charge in [-0.05, 0) is 82.2 Å². The molecule has 0 saturated carbocycles. The SMILES string of the molecule is O=C(c1cccc2ccccc12)n1c2c(c3cc(OCc4ccccc4I)ccc31)CCNC2. The zero-order chi connectivity index (χ0) is 23.1. The Balaban J connectivity index is 1.44. The molecule has 1 aliphatic heterocycles. The summed E-state index contributed by atoms with van der Waals surface area (Å²) >= 11 is 2.34. The molecule has 0 radical (unpaired) electrons. The van der Waals surface area contributed by atoms with E-state index in [2.05, 4.69) is 58.2 Å². The largest absolute Gasteiger partial charge is 0.489 e. The van der Waals surface area contributed by atoms with E-state index < -0.39 is 0 Å². The molecule has 5 heteroatoms. The van der Waals surface area contributed by atoms with Gasteiger partial charge in [-0.1, -0.05) is 54.6 Å². The van der Waals surface area contributed by atoms with Crippen molar-refractivity contribution < 1.29 is 9.53 Å². The first kappa shape index (κ1) is 21.4. The summed E-state index contributed by atoms with van der Waals surface area (Å²) < 4.78 is 9.27. The highest BCUT2D eigenvalue weighted by molar-refractivity contribution is 14.1. The van der Waals surface area contributed by atoms with E-state index in [1.165, 1.54) is 9.13 Å². The predicted molar refractivity (Wildman–Crippen MR) is 145 cm³/mol. The monoisotopic (exact) mass is 558 g/mol. The molecule has 0 aliphatic carbocycles. The fourth-order valence-corrected chi connectivity index (χ4v) is 5.45. The maximum absolute atomic E-state index is 13.9. The van der Waals surface area contributed by atoms with Crippen molar-refractivity contribution in [1.82, 2.24) is 9.88 Å². The van der Waals surface area contributed by atoms with Crippen LogP contribution >= 0.6 is 22.6 Å². The lowest BCUT2D eigenvalue weighted by molar-refractivity contribution is 0.0963. The second-order valence-corrected chi connectivity index (χ2v) is 9.74. The second kappa shape index (κ2) is 8.89. The maximum Gasteiger partial charge on any atom is 0.263 e. The molecular formula is C29H23IN2O2. The molecule has 4 aromatic carbocycles. The van der Waals surface area contributed by atoms with Crippen molar-refractivity contribution in [2.45, 2.75) is 19.6 Å². The van der Waals surface area contributed by atoms with Gasteiger partial charge < -0.3 is 10.1 Å². The van der Waals surface area contributed by atoms with Crippen molar-refractivity contribution in [3.8, 4) is 5.75 Å². The highest BCUT2D eigenvalue weighted by atomic mass is 127. The van der Waals surface area contributed by atoms with Gasteiger partial charge in [-0.2, -0.15) is 0 Å². The number of halogens is 1. The van der Waals surface area contributed by atoms with Gasteiger partial charge in [0.05, 0.1) is 5.52 Å². The topological polar surface area (TPSA) is 43.3 Å². The third-order valence-electron chi connectivity index (χ3n) is 6.57. The third kappa shape index (κ3) is 3.69. The van der Waals surface area contributed by atoms with Crippen LogP contribution < -0.4 is 10.1 Å². The Morgan fingerprint density at radius 1 is 0.941 bits per heavy atom. The summed E-state index contributed by atoms with van der Waals surface area (Å²) in [7, 11) is 0. The van der Waals surface area contributed by atoms with Crippen LogP contribution in [0, 0.1) is 3.57 Å². The van der Waals surface area contributed by atoms with Gasteiger partial charge in [0.2, 0.25) is 0 Å². The average molecular weight is 558 g/mol. The van der Waals surface area contributed by atoms with E-state index in [1.807, 2.05) is 59.2 Å². The van der Waals surface area contributed by atoms with Gasteiger partial charge in [0.25, 0.3) is 5.91 Å². The Hall–Kier alpha value is -3.16. The quantitative estimate of drug-likeness (QED) is 0.263. The third-order valence-corrected chi connectivity index (χ3v) is 7.62. The maximum atomic E-state index is 13.9. The first-order valence-electron chi connectivity index (χ1n) is 11.5. The van der Waals surface area contributed by atoms with Crippen LogP contribution in [0.5, 0.6) is 5.75 Å². The first-order valence-corrected chi connectivity index (χ1v) is 12.5. The molecule has 6 rings (SSSR count). The number of fused-ring (bicyclic) bond motifs is 4. The van der Waals surface area contributed by atoms with Crippen molar-refractivity contribution in [3.05, 3.63) is 111 Å². The highest BCUT2D eigenvalue weighted by Gasteiger charge is 2.25. The number of nitrogens with zero attached hydrogens (tertiary/aromatic N) is 1. The molecular weight excluding hydrogens is 535 g/mol. The minimum atomic E-state index is 0.0132. The van der Waals surface area contributed by atoms with Crippen LogP contribution in [0.15, 0.2) is 84.9 Å². The molecule has 0 fully saturated rings. The zero-order valence-electron chi connectivity index (χ0n) is 18.6.